The number of hydrogen-bond acceptors (Lipinski definition) is 5. The maximum Gasteiger partial charge on any atom is 0.175 e. The van der Waals surface area contributed by atoms with Crippen LogP contribution in [-0.4, -0.2) is 19.7 Å². The Morgan fingerprint density at radius 1 is 1.20 bits per heavy atom. The fraction of sp³-hybridized carbons (Fsp3) is 0.214. The third-order valence-corrected chi connectivity index (χ3v) is 4.15. The average molecular weight is 291 g/mol. The van der Waals surface area contributed by atoms with Gasteiger partial charge in [-0.15, -0.1) is 0 Å². The lowest BCUT2D eigenvalue weighted by molar-refractivity contribution is 0.602. The lowest BCUT2D eigenvalue weighted by Gasteiger charge is -2.10. The monoisotopic (exact) mass is 291 g/mol. The molecule has 1 heterocycles. The molecule has 0 aliphatic heterocycles. The van der Waals surface area contributed by atoms with Crippen LogP contribution in [0.1, 0.15) is 11.1 Å². The summed E-state index contributed by atoms with van der Waals surface area (Å²) in [4.78, 5) is 4.49. The first kappa shape index (κ1) is 14.3. The van der Waals surface area contributed by atoms with E-state index in [2.05, 4.69) is 10.3 Å². The number of aryl methyl sites for hydroxylation is 1. The molecule has 0 aliphatic rings. The van der Waals surface area contributed by atoms with Gasteiger partial charge in [0, 0.05) is 19.0 Å². The Morgan fingerprint density at radius 3 is 2.45 bits per heavy atom. The lowest BCUT2D eigenvalue weighted by Crippen LogP contribution is -2.06. The predicted molar refractivity (Wildman–Crippen MR) is 80.3 cm³/mol. The number of nitrogen functional groups attached to an aromatic ring is 1. The second kappa shape index (κ2) is 5.50. The molecule has 3 N–H and O–H groups in total. The third-order valence-electron chi connectivity index (χ3n) is 3.02. The third kappa shape index (κ3) is 3.27. The number of nitrogens with one attached hydrogen (secondary N) is 1. The van der Waals surface area contributed by atoms with Gasteiger partial charge in [0.05, 0.1) is 10.6 Å². The van der Waals surface area contributed by atoms with Crippen LogP contribution in [0.5, 0.6) is 0 Å². The molecule has 6 heteroatoms. The second-order valence-corrected chi connectivity index (χ2v) is 6.68. The highest BCUT2D eigenvalue weighted by atomic mass is 32.2. The summed E-state index contributed by atoms with van der Waals surface area (Å²) in [5.74, 6) is 0.636. The SMILES string of the molecule is Cc1ccnc(NCc2ccc(S(C)(=O)=O)cc2)c1N. The van der Waals surface area contributed by atoms with Gasteiger partial charge in [-0.05, 0) is 36.2 Å². The molecule has 0 aliphatic carbocycles. The van der Waals surface area contributed by atoms with E-state index in [4.69, 9.17) is 5.73 Å². The number of sulfone groups is 1. The summed E-state index contributed by atoms with van der Waals surface area (Å²) < 4.78 is 22.7. The van der Waals surface area contributed by atoms with E-state index in [-0.39, 0.29) is 0 Å². The summed E-state index contributed by atoms with van der Waals surface area (Å²) in [7, 11) is -3.15. The minimum absolute atomic E-state index is 0.314. The van der Waals surface area contributed by atoms with E-state index in [9.17, 15) is 8.42 Å². The van der Waals surface area contributed by atoms with E-state index in [0.717, 1.165) is 11.1 Å². The number of benzene rings is 1. The molecule has 0 saturated heterocycles. The molecule has 0 radical (unpaired) electrons. The van der Waals surface area contributed by atoms with E-state index in [1.54, 1.807) is 30.5 Å². The Hall–Kier alpha value is -2.08. The molecule has 0 amide bonds. The summed E-state index contributed by atoms with van der Waals surface area (Å²) in [6.07, 6.45) is 2.89. The van der Waals surface area contributed by atoms with Crippen molar-refractivity contribution in [2.75, 3.05) is 17.3 Å². The first-order valence-electron chi connectivity index (χ1n) is 6.12. The Labute approximate surface area is 118 Å². The highest BCUT2D eigenvalue weighted by molar-refractivity contribution is 7.90. The Morgan fingerprint density at radius 2 is 1.85 bits per heavy atom. The highest BCUT2D eigenvalue weighted by Gasteiger charge is 2.07. The number of nitrogens with two attached hydrogens (primary N) is 1. The van der Waals surface area contributed by atoms with Crippen molar-refractivity contribution in [1.82, 2.24) is 4.98 Å². The first-order valence-corrected chi connectivity index (χ1v) is 8.01. The van der Waals surface area contributed by atoms with Gasteiger partial charge in [0.15, 0.2) is 9.84 Å². The van der Waals surface area contributed by atoms with Crippen LogP contribution in [0.4, 0.5) is 11.5 Å². The lowest BCUT2D eigenvalue weighted by atomic mass is 10.2. The van der Waals surface area contributed by atoms with Crippen molar-refractivity contribution in [3.8, 4) is 0 Å². The molecule has 0 bridgehead atoms. The van der Waals surface area contributed by atoms with Gasteiger partial charge >= 0.3 is 0 Å². The van der Waals surface area contributed by atoms with Crippen molar-refractivity contribution in [3.05, 3.63) is 47.7 Å². The molecule has 106 valence electrons. The zero-order valence-corrected chi connectivity index (χ0v) is 12.2. The summed E-state index contributed by atoms with van der Waals surface area (Å²) in [6.45, 7) is 2.45. The molecule has 2 rings (SSSR count). The molecule has 0 fully saturated rings. The number of hydrogen-bond donors (Lipinski definition) is 2. The normalized spacial score (nSPS) is 11.3. The number of pyridine rings is 1. The zero-order valence-electron chi connectivity index (χ0n) is 11.4. The van der Waals surface area contributed by atoms with Gasteiger partial charge in [0.25, 0.3) is 0 Å². The molecule has 1 aromatic heterocycles. The molecule has 2 aromatic rings. The molecule has 0 saturated carbocycles. The highest BCUT2D eigenvalue weighted by Crippen LogP contribution is 2.19. The van der Waals surface area contributed by atoms with E-state index in [1.807, 2.05) is 13.0 Å². The molecule has 0 atom stereocenters. The van der Waals surface area contributed by atoms with Gasteiger partial charge in [-0.3, -0.25) is 0 Å². The summed E-state index contributed by atoms with van der Waals surface area (Å²) in [6, 6.07) is 8.59. The fourth-order valence-corrected chi connectivity index (χ4v) is 2.38. The van der Waals surface area contributed by atoms with Crippen molar-refractivity contribution < 1.29 is 8.42 Å². The van der Waals surface area contributed by atoms with Crippen molar-refractivity contribution >= 4 is 21.3 Å². The molecular formula is C14H17N3O2S. The maximum atomic E-state index is 11.4. The summed E-state index contributed by atoms with van der Waals surface area (Å²) in [5.41, 5.74) is 8.47. The maximum absolute atomic E-state index is 11.4. The van der Waals surface area contributed by atoms with E-state index in [1.165, 1.54) is 6.26 Å². The van der Waals surface area contributed by atoms with Crippen LogP contribution < -0.4 is 11.1 Å². The van der Waals surface area contributed by atoms with E-state index < -0.39 is 9.84 Å². The number of rotatable bonds is 4. The molecule has 1 aromatic carbocycles. The number of nitrogens with zero attached hydrogens (tertiary/aromatic N) is 1. The average Bonchev–Trinajstić information content (AvgIpc) is 2.40. The minimum Gasteiger partial charge on any atom is -0.396 e. The van der Waals surface area contributed by atoms with Gasteiger partial charge in [0.2, 0.25) is 0 Å². The van der Waals surface area contributed by atoms with Crippen LogP contribution in [0, 0.1) is 6.92 Å². The second-order valence-electron chi connectivity index (χ2n) is 4.66. The van der Waals surface area contributed by atoms with Crippen LogP contribution in [0.25, 0.3) is 0 Å². The van der Waals surface area contributed by atoms with Crippen molar-refractivity contribution in [2.45, 2.75) is 18.4 Å². The van der Waals surface area contributed by atoms with Gasteiger partial charge in [-0.25, -0.2) is 13.4 Å². The van der Waals surface area contributed by atoms with Crippen molar-refractivity contribution in [2.24, 2.45) is 0 Å². The summed E-state index contributed by atoms with van der Waals surface area (Å²) >= 11 is 0. The molecule has 5 nitrogen and oxygen atoms in total. The first-order chi connectivity index (χ1) is 9.38. The van der Waals surface area contributed by atoms with E-state index in [0.29, 0.717) is 22.9 Å². The zero-order chi connectivity index (χ0) is 14.8. The van der Waals surface area contributed by atoms with Gasteiger partial charge in [-0.1, -0.05) is 12.1 Å². The molecule has 20 heavy (non-hydrogen) atoms. The van der Waals surface area contributed by atoms with Crippen LogP contribution in [0.2, 0.25) is 0 Å². The van der Waals surface area contributed by atoms with Crippen LogP contribution in [0.3, 0.4) is 0 Å². The molecular weight excluding hydrogens is 274 g/mol. The fourth-order valence-electron chi connectivity index (χ4n) is 1.75. The van der Waals surface area contributed by atoms with E-state index >= 15 is 0 Å². The molecule has 0 unspecified atom stereocenters. The predicted octanol–water partition coefficient (Wildman–Crippen LogP) is 1.99. The van der Waals surface area contributed by atoms with Gasteiger partial charge in [0.1, 0.15) is 5.82 Å². The Balaban J connectivity index is 2.10. The Bertz CT molecular complexity index is 710. The number of aromatic nitrogens is 1. The summed E-state index contributed by atoms with van der Waals surface area (Å²) in [5, 5.41) is 3.14. The van der Waals surface area contributed by atoms with Crippen LogP contribution in [-0.2, 0) is 16.4 Å². The quantitative estimate of drug-likeness (QED) is 0.899. The van der Waals surface area contributed by atoms with Gasteiger partial charge in [-0.2, -0.15) is 0 Å². The van der Waals surface area contributed by atoms with Crippen molar-refractivity contribution in [1.29, 1.82) is 0 Å². The largest absolute Gasteiger partial charge is 0.396 e. The van der Waals surface area contributed by atoms with Crippen molar-refractivity contribution in [3.63, 3.8) is 0 Å². The van der Waals surface area contributed by atoms with Gasteiger partial charge < -0.3 is 11.1 Å². The topological polar surface area (TPSA) is 85.1 Å². The standard InChI is InChI=1S/C14H17N3O2S/c1-10-7-8-16-14(13(10)15)17-9-11-3-5-12(6-4-11)20(2,18)19/h3-8H,9,15H2,1-2H3,(H,16,17). The Kier molecular flexibility index (Phi) is 3.94. The van der Waals surface area contributed by atoms with Crippen LogP contribution >= 0.6 is 0 Å². The smallest absolute Gasteiger partial charge is 0.175 e. The molecule has 0 spiro atoms. The minimum atomic E-state index is -3.15. The number of anilines is 2. The van der Waals surface area contributed by atoms with Crippen LogP contribution in [0.15, 0.2) is 41.4 Å².